The third-order valence-electron chi connectivity index (χ3n) is 7.18. The molecule has 2 bridgehead atoms. The topological polar surface area (TPSA) is 98.4 Å². The van der Waals surface area contributed by atoms with E-state index < -0.39 is 24.5 Å². The molecule has 0 radical (unpaired) electrons. The second-order valence-corrected chi connectivity index (χ2v) is 9.25. The van der Waals surface area contributed by atoms with E-state index in [4.69, 9.17) is 13.9 Å². The molecule has 3 aliphatic rings. The minimum absolute atomic E-state index is 0.0423. The van der Waals surface area contributed by atoms with Crippen molar-refractivity contribution < 1.29 is 28.3 Å². The number of esters is 1. The first kappa shape index (κ1) is 22.4. The highest BCUT2D eigenvalue weighted by Gasteiger charge is 2.42. The predicted octanol–water partition coefficient (Wildman–Crippen LogP) is 3.90. The Kier molecular flexibility index (Phi) is 6.22. The third kappa shape index (κ3) is 4.36. The average molecular weight is 465 g/mol. The van der Waals surface area contributed by atoms with Gasteiger partial charge in [-0.15, -0.1) is 0 Å². The predicted molar refractivity (Wildman–Crippen MR) is 122 cm³/mol. The monoisotopic (exact) mass is 464 g/mol. The van der Waals surface area contributed by atoms with E-state index in [1.807, 2.05) is 24.3 Å². The van der Waals surface area contributed by atoms with Gasteiger partial charge in [0, 0.05) is 18.3 Å². The maximum atomic E-state index is 13.1. The molecule has 0 spiro atoms. The zero-order valence-corrected chi connectivity index (χ0v) is 19.1. The lowest BCUT2D eigenvalue weighted by atomic mass is 9.67. The van der Waals surface area contributed by atoms with E-state index in [0.29, 0.717) is 30.8 Å². The molecule has 34 heavy (non-hydrogen) atoms. The number of hydrogen-bond donors (Lipinski definition) is 0. The Morgan fingerprint density at radius 3 is 2.50 bits per heavy atom. The summed E-state index contributed by atoms with van der Waals surface area (Å²) in [7, 11) is 1.61. The number of ether oxygens (including phenoxy) is 2. The van der Waals surface area contributed by atoms with Gasteiger partial charge in [0.25, 0.3) is 5.91 Å². The van der Waals surface area contributed by atoms with Crippen LogP contribution < -0.4 is 4.74 Å². The molecule has 0 N–H and O–H groups in total. The van der Waals surface area contributed by atoms with E-state index in [0.717, 1.165) is 36.3 Å². The van der Waals surface area contributed by atoms with Gasteiger partial charge in [0.15, 0.2) is 6.61 Å². The summed E-state index contributed by atoms with van der Waals surface area (Å²) in [5.74, 6) is 0.433. The van der Waals surface area contributed by atoms with Crippen LogP contribution >= 0.6 is 0 Å². The maximum absolute atomic E-state index is 13.1. The molecule has 2 heterocycles. The van der Waals surface area contributed by atoms with Crippen LogP contribution in [0.5, 0.6) is 5.75 Å². The van der Waals surface area contributed by atoms with Crippen molar-refractivity contribution >= 4 is 23.4 Å². The number of methoxy groups -OCH3 is 1. The van der Waals surface area contributed by atoms with E-state index in [1.165, 1.54) is 5.01 Å². The van der Waals surface area contributed by atoms with Crippen LogP contribution in [0, 0.1) is 17.8 Å². The molecule has 1 aromatic carbocycles. The fourth-order valence-corrected chi connectivity index (χ4v) is 5.39. The molecule has 4 atom stereocenters. The Bertz CT molecular complexity index is 1080. The summed E-state index contributed by atoms with van der Waals surface area (Å²) in [6, 6.07) is 10.6. The molecule has 8 heteroatoms. The van der Waals surface area contributed by atoms with Crippen LogP contribution in [-0.2, 0) is 19.1 Å². The van der Waals surface area contributed by atoms with Crippen LogP contribution in [-0.4, -0.2) is 42.1 Å². The van der Waals surface area contributed by atoms with Crippen molar-refractivity contribution in [1.29, 1.82) is 0 Å². The van der Waals surface area contributed by atoms with E-state index in [-0.39, 0.29) is 17.8 Å². The standard InChI is InChI=1S/C26H28N2O6/c1-32-20-9-7-16(8-10-20)21-14-22(23-6-3-11-33-23)28(27-21)24(29)15-34-26(31)19-12-17-4-2-5-18(13-19)25(17)30/h3,6-11,17-19,22H,2,4-5,12-15H2,1H3/t17-,18+,19?,22-/m0/s1. The maximum Gasteiger partial charge on any atom is 0.309 e. The molecule has 1 aromatic heterocycles. The summed E-state index contributed by atoms with van der Waals surface area (Å²) < 4.78 is 16.2. The first-order valence-electron chi connectivity index (χ1n) is 11.8. The van der Waals surface area contributed by atoms with Gasteiger partial charge < -0.3 is 13.9 Å². The molecule has 2 aliphatic carbocycles. The molecule has 2 aromatic rings. The molecule has 5 rings (SSSR count). The first-order valence-corrected chi connectivity index (χ1v) is 11.8. The fourth-order valence-electron chi connectivity index (χ4n) is 5.39. The molecule has 8 nitrogen and oxygen atoms in total. The summed E-state index contributed by atoms with van der Waals surface area (Å²) in [5.41, 5.74) is 1.62. The van der Waals surface area contributed by atoms with E-state index in [9.17, 15) is 14.4 Å². The number of amides is 1. The van der Waals surface area contributed by atoms with Gasteiger partial charge >= 0.3 is 5.97 Å². The van der Waals surface area contributed by atoms with Gasteiger partial charge in [0.2, 0.25) is 0 Å². The Morgan fingerprint density at radius 2 is 1.85 bits per heavy atom. The van der Waals surface area contributed by atoms with Gasteiger partial charge in [-0.1, -0.05) is 6.42 Å². The number of nitrogens with zero attached hydrogens (tertiary/aromatic N) is 2. The summed E-state index contributed by atoms with van der Waals surface area (Å²) in [4.78, 5) is 38.1. The van der Waals surface area contributed by atoms with Gasteiger partial charge in [-0.2, -0.15) is 5.10 Å². The number of hydrogen-bond acceptors (Lipinski definition) is 7. The van der Waals surface area contributed by atoms with Crippen molar-refractivity contribution in [3.05, 3.63) is 54.0 Å². The molecule has 1 amide bonds. The van der Waals surface area contributed by atoms with E-state index in [1.54, 1.807) is 25.5 Å². The van der Waals surface area contributed by atoms with Crippen LogP contribution in [0.2, 0.25) is 0 Å². The minimum atomic E-state index is -0.412. The van der Waals surface area contributed by atoms with Crippen molar-refractivity contribution in [1.82, 2.24) is 5.01 Å². The SMILES string of the molecule is COc1ccc(C2=NN(C(=O)COC(=O)C3C[C@H]4CCC[C@@H](C3)C4=O)[C@H](c3ccco3)C2)cc1. The molecule has 1 unspecified atom stereocenters. The Balaban J connectivity index is 1.27. The molecular formula is C26H28N2O6. The van der Waals surface area contributed by atoms with Gasteiger partial charge in [0.1, 0.15) is 23.3 Å². The van der Waals surface area contributed by atoms with E-state index in [2.05, 4.69) is 5.10 Å². The van der Waals surface area contributed by atoms with Gasteiger partial charge in [-0.25, -0.2) is 5.01 Å². The number of carbonyl (C=O) groups is 3. The van der Waals surface area contributed by atoms with Crippen LogP contribution in [0.4, 0.5) is 0 Å². The minimum Gasteiger partial charge on any atom is -0.497 e. The summed E-state index contributed by atoms with van der Waals surface area (Å²) in [5, 5.41) is 5.91. The lowest BCUT2D eigenvalue weighted by Crippen LogP contribution is -2.40. The largest absolute Gasteiger partial charge is 0.497 e. The van der Waals surface area contributed by atoms with Crippen molar-refractivity contribution in [3.8, 4) is 5.75 Å². The summed E-state index contributed by atoms with van der Waals surface area (Å²) in [6.45, 7) is -0.394. The molecular weight excluding hydrogens is 436 g/mol. The normalized spacial score (nSPS) is 26.2. The average Bonchev–Trinajstić information content (AvgIpc) is 3.52. The second kappa shape index (κ2) is 9.44. The summed E-state index contributed by atoms with van der Waals surface area (Å²) >= 11 is 0. The number of Topliss-reactive ketones (excluding diaryl/α,β-unsaturated/α-hetero) is 1. The number of furan rings is 1. The number of carbonyl (C=O) groups excluding carboxylic acids is 3. The van der Waals surface area contributed by atoms with Gasteiger partial charge in [-0.3, -0.25) is 14.4 Å². The Morgan fingerprint density at radius 1 is 1.12 bits per heavy atom. The van der Waals surface area contributed by atoms with Crippen molar-refractivity contribution in [3.63, 3.8) is 0 Å². The number of hydrazone groups is 1. The first-order chi connectivity index (χ1) is 16.5. The highest BCUT2D eigenvalue weighted by molar-refractivity contribution is 6.03. The smallest absolute Gasteiger partial charge is 0.309 e. The van der Waals surface area contributed by atoms with Crippen molar-refractivity contribution in [2.75, 3.05) is 13.7 Å². The fraction of sp³-hybridized carbons (Fsp3) is 0.462. The molecule has 0 saturated heterocycles. The zero-order valence-electron chi connectivity index (χ0n) is 19.1. The third-order valence-corrected chi connectivity index (χ3v) is 7.18. The highest BCUT2D eigenvalue weighted by atomic mass is 16.5. The lowest BCUT2D eigenvalue weighted by Gasteiger charge is -2.36. The van der Waals surface area contributed by atoms with Gasteiger partial charge in [-0.05, 0) is 67.6 Å². The molecule has 2 saturated carbocycles. The van der Waals surface area contributed by atoms with Crippen LogP contribution in [0.15, 0.2) is 52.2 Å². The van der Waals surface area contributed by atoms with Crippen LogP contribution in [0.25, 0.3) is 0 Å². The zero-order chi connectivity index (χ0) is 23.7. The lowest BCUT2D eigenvalue weighted by molar-refractivity contribution is -0.159. The second-order valence-electron chi connectivity index (χ2n) is 9.25. The Labute approximate surface area is 197 Å². The number of ketones is 1. The van der Waals surface area contributed by atoms with Crippen molar-refractivity contribution in [2.24, 2.45) is 22.9 Å². The number of rotatable bonds is 6. The quantitative estimate of drug-likeness (QED) is 0.601. The highest BCUT2D eigenvalue weighted by Crippen LogP contribution is 2.40. The van der Waals surface area contributed by atoms with E-state index >= 15 is 0 Å². The van der Waals surface area contributed by atoms with Crippen LogP contribution in [0.1, 0.15) is 55.9 Å². The Hall–Kier alpha value is -3.42. The summed E-state index contributed by atoms with van der Waals surface area (Å²) in [6.07, 6.45) is 5.83. The van der Waals surface area contributed by atoms with Crippen LogP contribution in [0.3, 0.4) is 0 Å². The molecule has 178 valence electrons. The van der Waals surface area contributed by atoms with Gasteiger partial charge in [0.05, 0.1) is 25.0 Å². The molecule has 2 fully saturated rings. The molecule has 1 aliphatic heterocycles. The van der Waals surface area contributed by atoms with Crippen molar-refractivity contribution in [2.45, 2.75) is 44.6 Å². The number of benzene rings is 1. The number of fused-ring (bicyclic) bond motifs is 2.